The van der Waals surface area contributed by atoms with Crippen molar-refractivity contribution in [1.29, 1.82) is 0 Å². The van der Waals surface area contributed by atoms with E-state index in [0.717, 1.165) is 38.5 Å². The van der Waals surface area contributed by atoms with Crippen LogP contribution in [0.25, 0.3) is 0 Å². The summed E-state index contributed by atoms with van der Waals surface area (Å²) >= 11 is 0. The first kappa shape index (κ1) is 12.9. The highest BCUT2D eigenvalue weighted by atomic mass is 15.2. The fourth-order valence-electron chi connectivity index (χ4n) is 2.93. The highest BCUT2D eigenvalue weighted by Crippen LogP contribution is 2.25. The van der Waals surface area contributed by atoms with Gasteiger partial charge in [0.15, 0.2) is 0 Å². The molecule has 1 unspecified atom stereocenters. The van der Waals surface area contributed by atoms with Crippen LogP contribution in [0.5, 0.6) is 0 Å². The van der Waals surface area contributed by atoms with Crippen molar-refractivity contribution in [1.82, 2.24) is 10.2 Å². The molecule has 1 atom stereocenters. The zero-order valence-corrected chi connectivity index (χ0v) is 11.2. The Morgan fingerprint density at radius 2 is 2.00 bits per heavy atom. The molecular formula is C15H26N2. The summed E-state index contributed by atoms with van der Waals surface area (Å²) in [5, 5.41) is 3.46. The standard InChI is InChI=1S/C15H26N2/c1-14-13-17(12-10-16-14)11-6-5-9-15-7-3-2-4-8-15/h14-16H,2-4,7-13H2,1H3. The molecule has 2 heteroatoms. The molecule has 2 nitrogen and oxygen atoms in total. The van der Waals surface area contributed by atoms with Gasteiger partial charge in [0.2, 0.25) is 0 Å². The third kappa shape index (κ3) is 4.69. The quantitative estimate of drug-likeness (QED) is 0.737. The van der Waals surface area contributed by atoms with Crippen LogP contribution in [-0.2, 0) is 0 Å². The van der Waals surface area contributed by atoms with Gasteiger partial charge in [-0.2, -0.15) is 0 Å². The van der Waals surface area contributed by atoms with Crippen LogP contribution in [0.4, 0.5) is 0 Å². The third-order valence-corrected chi connectivity index (χ3v) is 4.00. The summed E-state index contributed by atoms with van der Waals surface area (Å²) in [7, 11) is 0. The zero-order valence-electron chi connectivity index (χ0n) is 11.2. The van der Waals surface area contributed by atoms with E-state index in [0.29, 0.717) is 6.04 Å². The van der Waals surface area contributed by atoms with Gasteiger partial charge in [-0.1, -0.05) is 25.2 Å². The minimum Gasteiger partial charge on any atom is -0.312 e. The molecule has 0 aromatic heterocycles. The van der Waals surface area contributed by atoms with Gasteiger partial charge in [-0.05, 0) is 25.7 Å². The smallest absolute Gasteiger partial charge is 0.0602 e. The molecule has 0 aromatic carbocycles. The van der Waals surface area contributed by atoms with Gasteiger partial charge in [0.05, 0.1) is 6.54 Å². The molecule has 17 heavy (non-hydrogen) atoms. The lowest BCUT2D eigenvalue weighted by Crippen LogP contribution is -2.49. The SMILES string of the molecule is CC1CN(CC#CCC2CCCCC2)CCN1. The molecule has 0 spiro atoms. The van der Waals surface area contributed by atoms with E-state index in [1.807, 2.05) is 0 Å². The molecular weight excluding hydrogens is 208 g/mol. The van der Waals surface area contributed by atoms with Gasteiger partial charge in [0.1, 0.15) is 0 Å². The number of hydrogen-bond donors (Lipinski definition) is 1. The monoisotopic (exact) mass is 234 g/mol. The van der Waals surface area contributed by atoms with E-state index in [9.17, 15) is 0 Å². The summed E-state index contributed by atoms with van der Waals surface area (Å²) in [5.41, 5.74) is 0. The minimum absolute atomic E-state index is 0.629. The van der Waals surface area contributed by atoms with Crippen molar-refractivity contribution in [3.8, 4) is 11.8 Å². The van der Waals surface area contributed by atoms with Gasteiger partial charge in [0.25, 0.3) is 0 Å². The molecule has 0 radical (unpaired) electrons. The van der Waals surface area contributed by atoms with Gasteiger partial charge >= 0.3 is 0 Å². The number of hydrogen-bond acceptors (Lipinski definition) is 2. The maximum absolute atomic E-state index is 3.46. The Balaban J connectivity index is 1.63. The van der Waals surface area contributed by atoms with Crippen molar-refractivity contribution in [2.75, 3.05) is 26.2 Å². The van der Waals surface area contributed by atoms with Gasteiger partial charge < -0.3 is 5.32 Å². The van der Waals surface area contributed by atoms with Gasteiger partial charge in [0, 0.05) is 32.1 Å². The van der Waals surface area contributed by atoms with Gasteiger partial charge in [-0.15, -0.1) is 5.92 Å². The van der Waals surface area contributed by atoms with Crippen LogP contribution in [0, 0.1) is 17.8 Å². The van der Waals surface area contributed by atoms with E-state index in [4.69, 9.17) is 0 Å². The van der Waals surface area contributed by atoms with E-state index in [2.05, 4.69) is 29.0 Å². The predicted octanol–water partition coefficient (Wildman–Crippen LogP) is 2.25. The maximum Gasteiger partial charge on any atom is 0.0602 e. The summed E-state index contributed by atoms with van der Waals surface area (Å²) in [5.74, 6) is 7.68. The molecule has 1 N–H and O–H groups in total. The predicted molar refractivity (Wildman–Crippen MR) is 72.9 cm³/mol. The molecule has 1 heterocycles. The highest BCUT2D eigenvalue weighted by molar-refractivity contribution is 5.03. The normalized spacial score (nSPS) is 27.5. The van der Waals surface area contributed by atoms with Gasteiger partial charge in [-0.3, -0.25) is 4.90 Å². The highest BCUT2D eigenvalue weighted by Gasteiger charge is 2.14. The molecule has 1 aliphatic carbocycles. The maximum atomic E-state index is 3.46. The fraction of sp³-hybridized carbons (Fsp3) is 0.867. The minimum atomic E-state index is 0.629. The Morgan fingerprint density at radius 1 is 1.18 bits per heavy atom. The summed E-state index contributed by atoms with van der Waals surface area (Å²) in [6, 6.07) is 0.629. The van der Waals surface area contributed by atoms with E-state index in [1.165, 1.54) is 32.1 Å². The number of piperazine rings is 1. The number of rotatable bonds is 2. The van der Waals surface area contributed by atoms with Crippen LogP contribution >= 0.6 is 0 Å². The van der Waals surface area contributed by atoms with E-state index in [1.54, 1.807) is 0 Å². The van der Waals surface area contributed by atoms with Crippen molar-refractivity contribution in [3.63, 3.8) is 0 Å². The lowest BCUT2D eigenvalue weighted by molar-refractivity contribution is 0.229. The molecule has 2 fully saturated rings. The average molecular weight is 234 g/mol. The van der Waals surface area contributed by atoms with E-state index >= 15 is 0 Å². The molecule has 1 aliphatic heterocycles. The Kier molecular flexibility index (Phi) is 5.35. The number of nitrogens with one attached hydrogen (secondary N) is 1. The molecule has 1 saturated heterocycles. The summed E-state index contributed by atoms with van der Waals surface area (Å²) in [6.45, 7) is 6.65. The topological polar surface area (TPSA) is 15.3 Å². The van der Waals surface area contributed by atoms with E-state index in [-0.39, 0.29) is 0 Å². The summed E-state index contributed by atoms with van der Waals surface area (Å²) in [4.78, 5) is 2.47. The first-order valence-electron chi connectivity index (χ1n) is 7.26. The van der Waals surface area contributed by atoms with E-state index < -0.39 is 0 Å². The summed E-state index contributed by atoms with van der Waals surface area (Å²) < 4.78 is 0. The van der Waals surface area contributed by atoms with Crippen molar-refractivity contribution >= 4 is 0 Å². The Bertz CT molecular complexity index is 270. The van der Waals surface area contributed by atoms with Crippen LogP contribution in [0.2, 0.25) is 0 Å². The summed E-state index contributed by atoms with van der Waals surface area (Å²) in [6.07, 6.45) is 8.28. The van der Waals surface area contributed by atoms with Crippen molar-refractivity contribution in [3.05, 3.63) is 0 Å². The first-order valence-corrected chi connectivity index (χ1v) is 7.26. The van der Waals surface area contributed by atoms with Crippen molar-refractivity contribution < 1.29 is 0 Å². The average Bonchev–Trinajstić information content (AvgIpc) is 2.36. The molecule has 0 bridgehead atoms. The second-order valence-corrected chi connectivity index (χ2v) is 5.65. The largest absolute Gasteiger partial charge is 0.312 e. The number of nitrogens with zero attached hydrogens (tertiary/aromatic N) is 1. The molecule has 96 valence electrons. The van der Waals surface area contributed by atoms with Crippen LogP contribution in [0.1, 0.15) is 45.4 Å². The molecule has 0 aromatic rings. The van der Waals surface area contributed by atoms with Crippen LogP contribution < -0.4 is 5.32 Å². The Hall–Kier alpha value is -0.520. The second kappa shape index (κ2) is 7.03. The van der Waals surface area contributed by atoms with Crippen molar-refractivity contribution in [2.45, 2.75) is 51.5 Å². The molecule has 0 amide bonds. The van der Waals surface area contributed by atoms with Crippen LogP contribution in [0.3, 0.4) is 0 Å². The zero-order chi connectivity index (χ0) is 11.9. The second-order valence-electron chi connectivity index (χ2n) is 5.65. The first-order chi connectivity index (χ1) is 8.34. The molecule has 2 rings (SSSR count). The Labute approximate surface area is 106 Å². The van der Waals surface area contributed by atoms with Crippen LogP contribution in [0.15, 0.2) is 0 Å². The molecule has 1 saturated carbocycles. The fourth-order valence-corrected chi connectivity index (χ4v) is 2.93. The lowest BCUT2D eigenvalue weighted by Gasteiger charge is -2.30. The van der Waals surface area contributed by atoms with Crippen LogP contribution in [-0.4, -0.2) is 37.1 Å². The molecule has 2 aliphatic rings. The Morgan fingerprint density at radius 3 is 2.76 bits per heavy atom. The lowest BCUT2D eigenvalue weighted by atomic mass is 9.87. The third-order valence-electron chi connectivity index (χ3n) is 4.00. The van der Waals surface area contributed by atoms with Crippen molar-refractivity contribution in [2.24, 2.45) is 5.92 Å². The van der Waals surface area contributed by atoms with Gasteiger partial charge in [-0.25, -0.2) is 0 Å².